The van der Waals surface area contributed by atoms with Crippen molar-refractivity contribution in [1.82, 2.24) is 10.2 Å². The minimum absolute atomic E-state index is 0.252. The minimum atomic E-state index is 0.252. The van der Waals surface area contributed by atoms with E-state index in [0.29, 0.717) is 6.61 Å². The fourth-order valence-electron chi connectivity index (χ4n) is 3.09. The van der Waals surface area contributed by atoms with E-state index < -0.39 is 0 Å². The summed E-state index contributed by atoms with van der Waals surface area (Å²) in [6.45, 7) is 8.35. The second kappa shape index (κ2) is 10.7. The molecule has 0 amide bonds. The summed E-state index contributed by atoms with van der Waals surface area (Å²) in [7, 11) is 3.89. The summed E-state index contributed by atoms with van der Waals surface area (Å²) in [5.41, 5.74) is 1.24. The van der Waals surface area contributed by atoms with Crippen LogP contribution < -0.4 is 10.1 Å². The van der Waals surface area contributed by atoms with E-state index in [4.69, 9.17) is 9.47 Å². The third-order valence-corrected chi connectivity index (χ3v) is 6.17. The molecule has 1 aromatic rings. The van der Waals surface area contributed by atoms with Crippen molar-refractivity contribution >= 4 is 17.7 Å². The minimum Gasteiger partial charge on any atom is -0.492 e. The van der Waals surface area contributed by atoms with Crippen molar-refractivity contribution in [2.24, 2.45) is 4.99 Å². The van der Waals surface area contributed by atoms with Gasteiger partial charge in [-0.05, 0) is 37.7 Å². The largest absolute Gasteiger partial charge is 0.492 e. The van der Waals surface area contributed by atoms with E-state index in [1.165, 1.54) is 5.56 Å². The topological polar surface area (TPSA) is 46.1 Å². The fourth-order valence-corrected chi connectivity index (χ4v) is 4.33. The Labute approximate surface area is 162 Å². The Morgan fingerprint density at radius 3 is 2.62 bits per heavy atom. The predicted octanol–water partition coefficient (Wildman–Crippen LogP) is 3.18. The van der Waals surface area contributed by atoms with Gasteiger partial charge in [-0.15, -0.1) is 0 Å². The molecule has 1 aliphatic rings. The molecule has 1 N–H and O–H groups in total. The molecule has 26 heavy (non-hydrogen) atoms. The van der Waals surface area contributed by atoms with E-state index in [-0.39, 0.29) is 4.75 Å². The number of aryl methyl sites for hydroxylation is 1. The molecule has 0 bridgehead atoms. The van der Waals surface area contributed by atoms with Crippen LogP contribution in [-0.4, -0.2) is 68.4 Å². The van der Waals surface area contributed by atoms with Crippen molar-refractivity contribution in [1.29, 1.82) is 0 Å². The third kappa shape index (κ3) is 6.40. The number of nitrogens with zero attached hydrogens (tertiary/aromatic N) is 2. The lowest BCUT2D eigenvalue weighted by molar-refractivity contribution is 0.0780. The van der Waals surface area contributed by atoms with E-state index in [0.717, 1.165) is 56.6 Å². The summed E-state index contributed by atoms with van der Waals surface area (Å²) in [5, 5.41) is 3.56. The first-order valence-electron chi connectivity index (χ1n) is 9.41. The molecular weight excluding hydrogens is 346 g/mol. The Morgan fingerprint density at radius 1 is 1.31 bits per heavy atom. The van der Waals surface area contributed by atoms with E-state index in [1.807, 2.05) is 30.9 Å². The first-order valence-corrected chi connectivity index (χ1v) is 10.4. The second-order valence-corrected chi connectivity index (χ2v) is 8.44. The molecule has 1 aromatic carbocycles. The lowest BCUT2D eigenvalue weighted by Gasteiger charge is -2.37. The quantitative estimate of drug-likeness (QED) is 0.555. The summed E-state index contributed by atoms with van der Waals surface area (Å²) in [6.07, 6.45) is 2.19. The molecule has 0 aliphatic carbocycles. The molecule has 1 aliphatic heterocycles. The lowest BCUT2D eigenvalue weighted by Crippen LogP contribution is -2.49. The first kappa shape index (κ1) is 20.9. The standard InChI is InChI=1S/C20H33N3O2S/c1-5-26-20(10-13-24-14-11-20)16-22-19(21-3)23(4)12-15-25-18-8-6-17(2)7-9-18/h6-9H,5,10-16H2,1-4H3,(H,21,22). The van der Waals surface area contributed by atoms with Crippen molar-refractivity contribution in [2.75, 3.05) is 52.8 Å². The maximum absolute atomic E-state index is 5.83. The van der Waals surface area contributed by atoms with Crippen LogP contribution in [-0.2, 0) is 4.74 Å². The van der Waals surface area contributed by atoms with E-state index in [1.54, 1.807) is 0 Å². The van der Waals surface area contributed by atoms with Gasteiger partial charge >= 0.3 is 0 Å². The van der Waals surface area contributed by atoms with Gasteiger partial charge in [0.2, 0.25) is 0 Å². The van der Waals surface area contributed by atoms with Gasteiger partial charge in [-0.1, -0.05) is 24.6 Å². The van der Waals surface area contributed by atoms with Crippen molar-refractivity contribution in [3.63, 3.8) is 0 Å². The molecule has 1 heterocycles. The monoisotopic (exact) mass is 379 g/mol. The van der Waals surface area contributed by atoms with Crippen LogP contribution in [0, 0.1) is 6.92 Å². The number of hydrogen-bond donors (Lipinski definition) is 1. The summed E-state index contributed by atoms with van der Waals surface area (Å²) in [6, 6.07) is 8.16. The number of aliphatic imine (C=N–C) groups is 1. The van der Waals surface area contributed by atoms with Crippen molar-refractivity contribution in [3.8, 4) is 5.75 Å². The molecule has 1 saturated heterocycles. The molecule has 0 aromatic heterocycles. The Morgan fingerprint density at radius 2 is 2.00 bits per heavy atom. The van der Waals surface area contributed by atoms with Crippen LogP contribution in [0.5, 0.6) is 5.75 Å². The van der Waals surface area contributed by atoms with Gasteiger partial charge in [0.05, 0.1) is 6.54 Å². The summed E-state index contributed by atoms with van der Waals surface area (Å²) >= 11 is 2.04. The zero-order chi connectivity index (χ0) is 18.8. The lowest BCUT2D eigenvalue weighted by atomic mass is 9.99. The summed E-state index contributed by atoms with van der Waals surface area (Å²) in [5.74, 6) is 2.95. The number of thioether (sulfide) groups is 1. The van der Waals surface area contributed by atoms with Gasteiger partial charge < -0.3 is 19.7 Å². The normalized spacial score (nSPS) is 17.0. The van der Waals surface area contributed by atoms with Crippen LogP contribution in [0.25, 0.3) is 0 Å². The molecule has 0 radical (unpaired) electrons. The molecule has 0 atom stereocenters. The second-order valence-electron chi connectivity index (χ2n) is 6.71. The Kier molecular flexibility index (Phi) is 8.59. The van der Waals surface area contributed by atoms with Gasteiger partial charge in [-0.3, -0.25) is 4.99 Å². The summed E-state index contributed by atoms with van der Waals surface area (Å²) < 4.78 is 11.6. The molecule has 6 heteroatoms. The smallest absolute Gasteiger partial charge is 0.193 e. The number of rotatable bonds is 8. The predicted molar refractivity (Wildman–Crippen MR) is 112 cm³/mol. The van der Waals surface area contributed by atoms with Crippen molar-refractivity contribution in [3.05, 3.63) is 29.8 Å². The van der Waals surface area contributed by atoms with Crippen LogP contribution in [0.3, 0.4) is 0 Å². The van der Waals surface area contributed by atoms with Gasteiger partial charge in [0.1, 0.15) is 12.4 Å². The molecule has 0 spiro atoms. The number of ether oxygens (including phenoxy) is 2. The zero-order valence-corrected chi connectivity index (χ0v) is 17.4. The van der Waals surface area contributed by atoms with Gasteiger partial charge in [-0.2, -0.15) is 11.8 Å². The van der Waals surface area contributed by atoms with Crippen LogP contribution in [0.15, 0.2) is 29.3 Å². The van der Waals surface area contributed by atoms with Crippen LogP contribution in [0.1, 0.15) is 25.3 Å². The number of nitrogens with one attached hydrogen (secondary N) is 1. The number of likely N-dealkylation sites (N-methyl/N-ethyl adjacent to an activating group) is 1. The van der Waals surface area contributed by atoms with Crippen molar-refractivity contribution in [2.45, 2.75) is 31.4 Å². The van der Waals surface area contributed by atoms with E-state index >= 15 is 0 Å². The maximum Gasteiger partial charge on any atom is 0.193 e. The van der Waals surface area contributed by atoms with Crippen LogP contribution >= 0.6 is 11.8 Å². The average molecular weight is 380 g/mol. The molecular formula is C20H33N3O2S. The van der Waals surface area contributed by atoms with Gasteiger partial charge in [0.15, 0.2) is 5.96 Å². The molecule has 0 saturated carbocycles. The average Bonchev–Trinajstić information content (AvgIpc) is 2.65. The SMILES string of the molecule is CCSC1(CNC(=NC)N(C)CCOc2ccc(C)cc2)CCOCC1. The van der Waals surface area contributed by atoms with E-state index in [2.05, 4.69) is 48.2 Å². The first-order chi connectivity index (χ1) is 12.6. The van der Waals surface area contributed by atoms with Crippen LogP contribution in [0.4, 0.5) is 0 Å². The van der Waals surface area contributed by atoms with Gasteiger partial charge in [-0.25, -0.2) is 0 Å². The Balaban J connectivity index is 1.80. The molecule has 5 nitrogen and oxygen atoms in total. The highest BCUT2D eigenvalue weighted by atomic mass is 32.2. The highest BCUT2D eigenvalue weighted by Gasteiger charge is 2.32. The van der Waals surface area contributed by atoms with E-state index in [9.17, 15) is 0 Å². The Bertz CT molecular complexity index is 551. The molecule has 2 rings (SSSR count). The van der Waals surface area contributed by atoms with Crippen molar-refractivity contribution < 1.29 is 9.47 Å². The number of benzene rings is 1. The molecule has 1 fully saturated rings. The van der Waals surface area contributed by atoms with Gasteiger partial charge in [0.25, 0.3) is 0 Å². The summed E-state index contributed by atoms with van der Waals surface area (Å²) in [4.78, 5) is 6.56. The van der Waals surface area contributed by atoms with Gasteiger partial charge in [0, 0.05) is 38.6 Å². The molecule has 0 unspecified atom stereocenters. The maximum atomic E-state index is 5.83. The Hall–Kier alpha value is -1.40. The number of guanidine groups is 1. The molecule has 146 valence electrons. The highest BCUT2D eigenvalue weighted by Crippen LogP contribution is 2.34. The fraction of sp³-hybridized carbons (Fsp3) is 0.650. The van der Waals surface area contributed by atoms with Crippen LogP contribution in [0.2, 0.25) is 0 Å². The zero-order valence-electron chi connectivity index (χ0n) is 16.6. The number of hydrogen-bond acceptors (Lipinski definition) is 4. The highest BCUT2D eigenvalue weighted by molar-refractivity contribution is 8.00. The third-order valence-electron chi connectivity index (χ3n) is 4.71.